The van der Waals surface area contributed by atoms with Crippen LogP contribution < -0.4 is 0 Å². The van der Waals surface area contributed by atoms with Crippen LogP contribution >= 0.6 is 0 Å². The summed E-state index contributed by atoms with van der Waals surface area (Å²) >= 11 is 0. The van der Waals surface area contributed by atoms with Gasteiger partial charge in [-0.25, -0.2) is 4.68 Å². The summed E-state index contributed by atoms with van der Waals surface area (Å²) in [5.41, 5.74) is -0.538. The number of likely N-dealkylation sites (tertiary alicyclic amines) is 1. The monoisotopic (exact) mass is 265 g/mol. The first-order valence-electron chi connectivity index (χ1n) is 6.88. The maximum absolute atomic E-state index is 12.2. The SMILES string of the molecule is O=C(Cn1cnnn1)N1CCC2(O)CCCCC2C1. The molecule has 2 heterocycles. The molecule has 0 spiro atoms. The number of hydrogen-bond donors (Lipinski definition) is 1. The lowest BCUT2D eigenvalue weighted by atomic mass is 9.71. The molecule has 1 aromatic rings. The first-order valence-corrected chi connectivity index (χ1v) is 6.88. The molecule has 1 amide bonds. The summed E-state index contributed by atoms with van der Waals surface area (Å²) in [5, 5.41) is 21.3. The van der Waals surface area contributed by atoms with Gasteiger partial charge in [-0.15, -0.1) is 5.10 Å². The van der Waals surface area contributed by atoms with Crippen LogP contribution in [0.15, 0.2) is 6.33 Å². The van der Waals surface area contributed by atoms with E-state index in [-0.39, 0.29) is 18.4 Å². The van der Waals surface area contributed by atoms with Crippen molar-refractivity contribution in [3.63, 3.8) is 0 Å². The van der Waals surface area contributed by atoms with E-state index in [0.717, 1.165) is 25.7 Å². The number of rotatable bonds is 2. The molecule has 3 rings (SSSR count). The van der Waals surface area contributed by atoms with Gasteiger partial charge in [-0.1, -0.05) is 12.8 Å². The van der Waals surface area contributed by atoms with Crippen molar-refractivity contribution >= 4 is 5.91 Å². The topological polar surface area (TPSA) is 84.1 Å². The number of carbonyl (C=O) groups excluding carboxylic acids is 1. The number of aliphatic hydroxyl groups is 1. The predicted molar refractivity (Wildman–Crippen MR) is 65.9 cm³/mol. The Hall–Kier alpha value is -1.50. The van der Waals surface area contributed by atoms with Gasteiger partial charge >= 0.3 is 0 Å². The highest BCUT2D eigenvalue weighted by Crippen LogP contribution is 2.39. The number of hydrogen-bond acceptors (Lipinski definition) is 5. The van der Waals surface area contributed by atoms with Crippen LogP contribution in [-0.2, 0) is 11.3 Å². The second-order valence-electron chi connectivity index (χ2n) is 5.64. The molecule has 19 heavy (non-hydrogen) atoms. The fraction of sp³-hybridized carbons (Fsp3) is 0.833. The summed E-state index contributed by atoms with van der Waals surface area (Å²) in [7, 11) is 0. The van der Waals surface area contributed by atoms with Crippen LogP contribution in [-0.4, -0.2) is 54.8 Å². The Bertz CT molecular complexity index is 449. The van der Waals surface area contributed by atoms with Crippen molar-refractivity contribution in [3.8, 4) is 0 Å². The summed E-state index contributed by atoms with van der Waals surface area (Å²) in [5.74, 6) is 0.257. The number of amides is 1. The van der Waals surface area contributed by atoms with Crippen LogP contribution in [0, 0.1) is 5.92 Å². The van der Waals surface area contributed by atoms with Crippen molar-refractivity contribution in [2.45, 2.75) is 44.2 Å². The fourth-order valence-corrected chi connectivity index (χ4v) is 3.29. The van der Waals surface area contributed by atoms with E-state index in [1.165, 1.54) is 11.0 Å². The Balaban J connectivity index is 1.62. The highest BCUT2D eigenvalue weighted by Gasteiger charge is 2.43. The molecule has 1 aromatic heterocycles. The first kappa shape index (κ1) is 12.5. The van der Waals surface area contributed by atoms with Crippen molar-refractivity contribution < 1.29 is 9.90 Å². The second kappa shape index (κ2) is 4.88. The first-order chi connectivity index (χ1) is 9.17. The van der Waals surface area contributed by atoms with E-state index < -0.39 is 5.60 Å². The third-order valence-electron chi connectivity index (χ3n) is 4.47. The van der Waals surface area contributed by atoms with Gasteiger partial charge < -0.3 is 10.0 Å². The largest absolute Gasteiger partial charge is 0.389 e. The van der Waals surface area contributed by atoms with E-state index in [1.807, 2.05) is 4.90 Å². The van der Waals surface area contributed by atoms with Gasteiger partial charge in [0.25, 0.3) is 0 Å². The Morgan fingerprint density at radius 2 is 2.32 bits per heavy atom. The maximum Gasteiger partial charge on any atom is 0.244 e. The van der Waals surface area contributed by atoms with E-state index in [0.29, 0.717) is 19.5 Å². The van der Waals surface area contributed by atoms with Gasteiger partial charge in [-0.2, -0.15) is 0 Å². The molecular weight excluding hydrogens is 246 g/mol. The summed E-state index contributed by atoms with van der Waals surface area (Å²) < 4.78 is 1.43. The third-order valence-corrected chi connectivity index (χ3v) is 4.47. The molecule has 1 N–H and O–H groups in total. The minimum Gasteiger partial charge on any atom is -0.389 e. The van der Waals surface area contributed by atoms with Crippen LogP contribution in [0.25, 0.3) is 0 Å². The van der Waals surface area contributed by atoms with Crippen molar-refractivity contribution in [1.82, 2.24) is 25.1 Å². The highest BCUT2D eigenvalue weighted by atomic mass is 16.3. The lowest BCUT2D eigenvalue weighted by Gasteiger charge is -2.47. The standard InChI is InChI=1S/C12H19N5O2/c18-11(8-17-9-13-14-15-17)16-6-5-12(19)4-2-1-3-10(12)7-16/h9-10,19H,1-8H2. The van der Waals surface area contributed by atoms with Crippen molar-refractivity contribution in [3.05, 3.63) is 6.33 Å². The van der Waals surface area contributed by atoms with E-state index in [4.69, 9.17) is 0 Å². The molecule has 2 atom stereocenters. The predicted octanol–water partition coefficient (Wildman–Crippen LogP) is -0.173. The fourth-order valence-electron chi connectivity index (χ4n) is 3.29. The van der Waals surface area contributed by atoms with E-state index in [2.05, 4.69) is 15.5 Å². The average Bonchev–Trinajstić information content (AvgIpc) is 2.90. The Labute approximate surface area is 111 Å². The molecule has 2 aliphatic rings. The van der Waals surface area contributed by atoms with Gasteiger partial charge in [-0.3, -0.25) is 4.79 Å². The minimum atomic E-state index is -0.538. The van der Waals surface area contributed by atoms with Gasteiger partial charge in [0.05, 0.1) is 5.60 Å². The molecule has 1 saturated carbocycles. The molecule has 0 radical (unpaired) electrons. The van der Waals surface area contributed by atoms with Gasteiger partial charge in [0, 0.05) is 19.0 Å². The highest BCUT2D eigenvalue weighted by molar-refractivity contribution is 5.76. The van der Waals surface area contributed by atoms with Crippen LogP contribution in [0.2, 0.25) is 0 Å². The summed E-state index contributed by atoms with van der Waals surface area (Å²) in [4.78, 5) is 14.0. The lowest BCUT2D eigenvalue weighted by molar-refractivity contribution is -0.144. The van der Waals surface area contributed by atoms with E-state index in [9.17, 15) is 9.90 Å². The summed E-state index contributed by atoms with van der Waals surface area (Å²) in [6.07, 6.45) is 6.29. The Morgan fingerprint density at radius 3 is 3.11 bits per heavy atom. The van der Waals surface area contributed by atoms with Crippen LogP contribution in [0.4, 0.5) is 0 Å². The number of nitrogens with zero attached hydrogens (tertiary/aromatic N) is 5. The number of fused-ring (bicyclic) bond motifs is 1. The van der Waals surface area contributed by atoms with E-state index >= 15 is 0 Å². The zero-order valence-electron chi connectivity index (χ0n) is 10.9. The molecule has 7 heteroatoms. The molecule has 1 saturated heterocycles. The minimum absolute atomic E-state index is 0.0277. The smallest absolute Gasteiger partial charge is 0.244 e. The van der Waals surface area contributed by atoms with Crippen molar-refractivity contribution in [2.24, 2.45) is 5.92 Å². The zero-order chi connectivity index (χ0) is 13.3. The second-order valence-corrected chi connectivity index (χ2v) is 5.64. The van der Waals surface area contributed by atoms with Crippen LogP contribution in [0.5, 0.6) is 0 Å². The van der Waals surface area contributed by atoms with Crippen molar-refractivity contribution in [2.75, 3.05) is 13.1 Å². The van der Waals surface area contributed by atoms with E-state index in [1.54, 1.807) is 0 Å². The Morgan fingerprint density at radius 1 is 1.42 bits per heavy atom. The quantitative estimate of drug-likeness (QED) is 0.802. The number of tetrazole rings is 1. The van der Waals surface area contributed by atoms with Gasteiger partial charge in [0.1, 0.15) is 12.9 Å². The molecule has 1 aliphatic carbocycles. The number of piperidine rings is 1. The maximum atomic E-state index is 12.2. The molecule has 104 valence electrons. The average molecular weight is 265 g/mol. The zero-order valence-corrected chi connectivity index (χ0v) is 10.9. The molecule has 1 aliphatic heterocycles. The Kier molecular flexibility index (Phi) is 3.22. The molecule has 0 aromatic carbocycles. The molecule has 0 bridgehead atoms. The summed E-state index contributed by atoms with van der Waals surface area (Å²) in [6.45, 7) is 1.48. The van der Waals surface area contributed by atoms with Gasteiger partial charge in [-0.05, 0) is 29.7 Å². The van der Waals surface area contributed by atoms with Crippen LogP contribution in [0.3, 0.4) is 0 Å². The number of aromatic nitrogens is 4. The van der Waals surface area contributed by atoms with Crippen molar-refractivity contribution in [1.29, 1.82) is 0 Å². The molecule has 7 nitrogen and oxygen atoms in total. The third kappa shape index (κ3) is 2.47. The summed E-state index contributed by atoms with van der Waals surface area (Å²) in [6, 6.07) is 0. The number of carbonyl (C=O) groups is 1. The molecular formula is C12H19N5O2. The molecule has 2 unspecified atom stereocenters. The normalized spacial score (nSPS) is 31.0. The van der Waals surface area contributed by atoms with Gasteiger partial charge in [0.2, 0.25) is 5.91 Å². The molecule has 2 fully saturated rings. The van der Waals surface area contributed by atoms with Crippen LogP contribution in [0.1, 0.15) is 32.1 Å². The van der Waals surface area contributed by atoms with Gasteiger partial charge in [0.15, 0.2) is 0 Å². The lowest BCUT2D eigenvalue weighted by Crippen LogP contribution is -2.55.